The number of ether oxygens (including phenoxy) is 2. The molecule has 1 amide bonds. The Morgan fingerprint density at radius 1 is 1.00 bits per heavy atom. The van der Waals surface area contributed by atoms with Gasteiger partial charge < -0.3 is 14.4 Å². The molecule has 2 rings (SSSR count). The first-order valence-corrected chi connectivity index (χ1v) is 7.60. The van der Waals surface area contributed by atoms with Crippen molar-refractivity contribution in [3.05, 3.63) is 0 Å². The minimum absolute atomic E-state index is 0.0463. The molecule has 2 atom stereocenters. The average Bonchev–Trinajstić information content (AvgIpc) is 2.48. The molecule has 0 aromatic carbocycles. The summed E-state index contributed by atoms with van der Waals surface area (Å²) in [4.78, 5) is 25.3. The first-order chi connectivity index (χ1) is 9.61. The lowest BCUT2D eigenvalue weighted by atomic mass is 9.93. The topological polar surface area (TPSA) is 55.8 Å². The Morgan fingerprint density at radius 2 is 1.60 bits per heavy atom. The Hall–Kier alpha value is -1.10. The van der Waals surface area contributed by atoms with Crippen molar-refractivity contribution in [1.82, 2.24) is 4.90 Å². The van der Waals surface area contributed by atoms with Crippen molar-refractivity contribution in [2.45, 2.75) is 57.7 Å². The third kappa shape index (κ3) is 3.72. The largest absolute Gasteiger partial charge is 0.459 e. The van der Waals surface area contributed by atoms with E-state index in [1.807, 2.05) is 0 Å². The average molecular weight is 283 g/mol. The molecule has 0 N–H and O–H groups in total. The predicted molar refractivity (Wildman–Crippen MR) is 74.1 cm³/mol. The van der Waals surface area contributed by atoms with Gasteiger partial charge in [0.05, 0.1) is 12.0 Å². The summed E-state index contributed by atoms with van der Waals surface area (Å²) in [5.41, 5.74) is 0. The lowest BCUT2D eigenvalue weighted by Gasteiger charge is -2.33. The van der Waals surface area contributed by atoms with Gasteiger partial charge in [0.1, 0.15) is 6.10 Å². The summed E-state index contributed by atoms with van der Waals surface area (Å²) in [5, 5.41) is 0. The van der Waals surface area contributed by atoms with E-state index in [9.17, 15) is 9.59 Å². The normalized spacial score (nSPS) is 28.2. The summed E-state index contributed by atoms with van der Waals surface area (Å²) in [6.07, 6.45) is 5.49. The Kier molecular flexibility index (Phi) is 5.40. The maximum absolute atomic E-state index is 12.2. The summed E-state index contributed by atoms with van der Waals surface area (Å²) in [6.45, 7) is 2.89. The number of carbonyl (C=O) groups excluding carboxylic acids is 2. The quantitative estimate of drug-likeness (QED) is 0.740. The van der Waals surface area contributed by atoms with E-state index in [-0.39, 0.29) is 30.0 Å². The number of nitrogens with zero attached hydrogens (tertiary/aromatic N) is 1. The number of methoxy groups -OCH3 is 1. The molecule has 1 heterocycles. The van der Waals surface area contributed by atoms with Crippen LogP contribution in [0.15, 0.2) is 0 Å². The molecule has 5 nitrogen and oxygen atoms in total. The zero-order valence-corrected chi connectivity index (χ0v) is 12.5. The summed E-state index contributed by atoms with van der Waals surface area (Å²) in [7, 11) is 1.68. The van der Waals surface area contributed by atoms with Gasteiger partial charge in [-0.15, -0.1) is 0 Å². The van der Waals surface area contributed by atoms with Gasteiger partial charge >= 0.3 is 5.97 Å². The van der Waals surface area contributed by atoms with Crippen molar-refractivity contribution < 1.29 is 19.1 Å². The second kappa shape index (κ2) is 7.07. The molecule has 114 valence electrons. The number of piperidine rings is 1. The number of amides is 1. The van der Waals surface area contributed by atoms with Crippen LogP contribution in [0.2, 0.25) is 0 Å². The number of hydrogen-bond acceptors (Lipinski definition) is 4. The number of likely N-dealkylation sites (tertiary alicyclic amines) is 1. The number of esters is 1. The predicted octanol–water partition coefficient (Wildman–Crippen LogP) is 1.75. The highest BCUT2D eigenvalue weighted by atomic mass is 16.6. The molecule has 1 saturated heterocycles. The van der Waals surface area contributed by atoms with Crippen molar-refractivity contribution in [3.63, 3.8) is 0 Å². The van der Waals surface area contributed by atoms with E-state index in [0.717, 1.165) is 25.7 Å². The molecule has 0 bridgehead atoms. The van der Waals surface area contributed by atoms with Gasteiger partial charge in [0.25, 0.3) is 0 Å². The highest BCUT2D eigenvalue weighted by Crippen LogP contribution is 2.26. The summed E-state index contributed by atoms with van der Waals surface area (Å²) >= 11 is 0. The van der Waals surface area contributed by atoms with Crippen LogP contribution in [0.1, 0.15) is 45.4 Å². The SMILES string of the molecule is CO[C@@H]1CCCC[C@@H]1OC(=O)C1CCN(C(C)=O)CC1. The van der Waals surface area contributed by atoms with Crippen molar-refractivity contribution in [2.75, 3.05) is 20.2 Å². The van der Waals surface area contributed by atoms with Crippen LogP contribution in [0.5, 0.6) is 0 Å². The van der Waals surface area contributed by atoms with Crippen molar-refractivity contribution in [2.24, 2.45) is 5.92 Å². The Morgan fingerprint density at radius 3 is 2.15 bits per heavy atom. The maximum Gasteiger partial charge on any atom is 0.309 e. The lowest BCUT2D eigenvalue weighted by molar-refractivity contribution is -0.166. The molecule has 5 heteroatoms. The summed E-state index contributed by atoms with van der Waals surface area (Å²) in [5.74, 6) is -0.0873. The van der Waals surface area contributed by atoms with Crippen LogP contribution < -0.4 is 0 Å². The van der Waals surface area contributed by atoms with Crippen LogP contribution in [0.25, 0.3) is 0 Å². The van der Waals surface area contributed by atoms with Crippen molar-refractivity contribution in [3.8, 4) is 0 Å². The van der Waals surface area contributed by atoms with E-state index in [2.05, 4.69) is 0 Å². The highest BCUT2D eigenvalue weighted by molar-refractivity contribution is 5.75. The van der Waals surface area contributed by atoms with Crippen molar-refractivity contribution >= 4 is 11.9 Å². The molecule has 0 aromatic heterocycles. The molecule has 2 fully saturated rings. The summed E-state index contributed by atoms with van der Waals surface area (Å²) in [6, 6.07) is 0. The smallest absolute Gasteiger partial charge is 0.309 e. The number of carbonyl (C=O) groups is 2. The van der Waals surface area contributed by atoms with Gasteiger partial charge in [-0.25, -0.2) is 0 Å². The van der Waals surface area contributed by atoms with Crippen LogP contribution in [0.3, 0.4) is 0 Å². The van der Waals surface area contributed by atoms with Gasteiger partial charge in [-0.2, -0.15) is 0 Å². The van der Waals surface area contributed by atoms with Gasteiger partial charge in [-0.1, -0.05) is 6.42 Å². The Labute approximate surface area is 120 Å². The fourth-order valence-corrected chi connectivity index (χ4v) is 3.14. The van der Waals surface area contributed by atoms with E-state index in [0.29, 0.717) is 25.9 Å². The molecule has 20 heavy (non-hydrogen) atoms. The first kappa shape index (κ1) is 15.3. The molecular formula is C15H25NO4. The van der Waals surface area contributed by atoms with Crippen LogP contribution >= 0.6 is 0 Å². The molecule has 1 aliphatic carbocycles. The lowest BCUT2D eigenvalue weighted by Crippen LogP contribution is -2.42. The standard InChI is InChI=1S/C15H25NO4/c1-11(17)16-9-7-12(8-10-16)15(18)20-14-6-4-3-5-13(14)19-2/h12-14H,3-10H2,1-2H3/t13-,14+/m1/s1. The molecule has 0 unspecified atom stereocenters. The molecule has 0 spiro atoms. The van der Waals surface area contributed by atoms with E-state index < -0.39 is 0 Å². The van der Waals surface area contributed by atoms with Gasteiger partial charge in [0, 0.05) is 27.1 Å². The third-order valence-electron chi connectivity index (χ3n) is 4.49. The molecule has 1 aliphatic heterocycles. The van der Waals surface area contributed by atoms with Gasteiger partial charge in [-0.05, 0) is 32.1 Å². The van der Waals surface area contributed by atoms with E-state index >= 15 is 0 Å². The second-order valence-corrected chi connectivity index (χ2v) is 5.81. The molecular weight excluding hydrogens is 258 g/mol. The fraction of sp³-hybridized carbons (Fsp3) is 0.867. The van der Waals surface area contributed by atoms with Crippen LogP contribution in [-0.2, 0) is 19.1 Å². The number of hydrogen-bond donors (Lipinski definition) is 0. The van der Waals surface area contributed by atoms with Gasteiger partial charge in [0.15, 0.2) is 0 Å². The van der Waals surface area contributed by atoms with E-state index in [1.165, 1.54) is 0 Å². The number of rotatable bonds is 3. The summed E-state index contributed by atoms with van der Waals surface area (Å²) < 4.78 is 11.1. The van der Waals surface area contributed by atoms with Crippen LogP contribution in [0.4, 0.5) is 0 Å². The van der Waals surface area contributed by atoms with Crippen LogP contribution in [-0.4, -0.2) is 49.2 Å². The van der Waals surface area contributed by atoms with Crippen molar-refractivity contribution in [1.29, 1.82) is 0 Å². The Balaban J connectivity index is 1.81. The van der Waals surface area contributed by atoms with E-state index in [1.54, 1.807) is 18.9 Å². The minimum atomic E-state index is -0.109. The second-order valence-electron chi connectivity index (χ2n) is 5.81. The molecule has 0 aromatic rings. The third-order valence-corrected chi connectivity index (χ3v) is 4.49. The zero-order valence-electron chi connectivity index (χ0n) is 12.5. The Bertz CT molecular complexity index is 350. The highest BCUT2D eigenvalue weighted by Gasteiger charge is 2.32. The molecule has 0 radical (unpaired) electrons. The van der Waals surface area contributed by atoms with E-state index in [4.69, 9.17) is 9.47 Å². The maximum atomic E-state index is 12.2. The fourth-order valence-electron chi connectivity index (χ4n) is 3.14. The van der Waals surface area contributed by atoms with Gasteiger partial charge in [0.2, 0.25) is 5.91 Å². The van der Waals surface area contributed by atoms with Crippen LogP contribution in [0, 0.1) is 5.92 Å². The van der Waals surface area contributed by atoms with Gasteiger partial charge in [-0.3, -0.25) is 9.59 Å². The molecule has 1 saturated carbocycles. The monoisotopic (exact) mass is 283 g/mol. The minimum Gasteiger partial charge on any atom is -0.459 e. The molecule has 2 aliphatic rings. The zero-order chi connectivity index (χ0) is 14.5. The first-order valence-electron chi connectivity index (χ1n) is 7.60.